The summed E-state index contributed by atoms with van der Waals surface area (Å²) in [6.07, 6.45) is 10.7. The summed E-state index contributed by atoms with van der Waals surface area (Å²) in [6, 6.07) is 4.48. The van der Waals surface area contributed by atoms with E-state index in [0.29, 0.717) is 9.13 Å². The number of benzene rings is 1. The van der Waals surface area contributed by atoms with Crippen molar-refractivity contribution in [3.8, 4) is 12.3 Å². The van der Waals surface area contributed by atoms with Crippen molar-refractivity contribution in [2.45, 2.75) is 38.1 Å². The number of carbonyl (C=O) groups is 1. The van der Waals surface area contributed by atoms with Crippen molar-refractivity contribution in [2.75, 3.05) is 6.54 Å². The summed E-state index contributed by atoms with van der Waals surface area (Å²) >= 11 is 2.03. The Morgan fingerprint density at radius 3 is 2.68 bits per heavy atom. The fraction of sp³-hybridized carbons (Fsp3) is 0.438. The van der Waals surface area contributed by atoms with E-state index >= 15 is 0 Å². The van der Waals surface area contributed by atoms with E-state index in [4.69, 9.17) is 6.42 Å². The molecule has 6 heteroatoms. The van der Waals surface area contributed by atoms with Gasteiger partial charge in [0, 0.05) is 21.7 Å². The molecule has 0 aliphatic heterocycles. The lowest BCUT2D eigenvalue weighted by Crippen LogP contribution is -2.42. The summed E-state index contributed by atoms with van der Waals surface area (Å²) in [7, 11) is 0. The molecule has 0 atom stereocenters. The van der Waals surface area contributed by atoms with Crippen molar-refractivity contribution in [3.63, 3.8) is 0 Å². The maximum Gasteiger partial charge on any atom is 0.270 e. The molecular weight excluding hydrogens is 395 g/mol. The minimum atomic E-state index is -0.487. The average molecular weight is 412 g/mol. The zero-order valence-corrected chi connectivity index (χ0v) is 14.3. The van der Waals surface area contributed by atoms with Gasteiger partial charge in [0.1, 0.15) is 0 Å². The summed E-state index contributed by atoms with van der Waals surface area (Å²) in [5.74, 6) is 2.33. The smallest absolute Gasteiger partial charge is 0.270 e. The molecule has 1 amide bonds. The third-order valence-corrected chi connectivity index (χ3v) is 4.87. The van der Waals surface area contributed by atoms with E-state index in [0.717, 1.165) is 25.7 Å². The highest BCUT2D eigenvalue weighted by molar-refractivity contribution is 14.1. The highest BCUT2D eigenvalue weighted by Gasteiger charge is 2.27. The van der Waals surface area contributed by atoms with E-state index in [1.807, 2.05) is 22.6 Å². The number of rotatable bonds is 4. The predicted molar refractivity (Wildman–Crippen MR) is 92.6 cm³/mol. The normalized spacial score (nSPS) is 15.1. The first-order valence-corrected chi connectivity index (χ1v) is 8.31. The maximum atomic E-state index is 12.8. The molecule has 0 radical (unpaired) electrons. The van der Waals surface area contributed by atoms with Crippen LogP contribution in [-0.4, -0.2) is 28.3 Å². The minimum Gasteiger partial charge on any atom is -0.324 e. The van der Waals surface area contributed by atoms with Crippen molar-refractivity contribution in [2.24, 2.45) is 0 Å². The average Bonchev–Trinajstić information content (AvgIpc) is 2.53. The van der Waals surface area contributed by atoms with E-state index in [1.54, 1.807) is 11.0 Å². The molecule has 0 spiro atoms. The molecule has 1 aromatic carbocycles. The topological polar surface area (TPSA) is 63.5 Å². The number of nitro benzene ring substituents is 1. The Kier molecular flexibility index (Phi) is 5.77. The lowest BCUT2D eigenvalue weighted by atomic mass is 9.93. The van der Waals surface area contributed by atoms with Crippen LogP contribution in [0, 0.1) is 26.0 Å². The minimum absolute atomic E-state index is 0.0759. The van der Waals surface area contributed by atoms with Crippen LogP contribution in [0.1, 0.15) is 42.5 Å². The van der Waals surface area contributed by atoms with E-state index in [9.17, 15) is 14.9 Å². The fourth-order valence-electron chi connectivity index (χ4n) is 2.80. The van der Waals surface area contributed by atoms with Gasteiger partial charge in [0.2, 0.25) is 0 Å². The number of carbonyl (C=O) groups excluding carboxylic acids is 1. The van der Waals surface area contributed by atoms with E-state index in [1.165, 1.54) is 18.6 Å². The maximum absolute atomic E-state index is 12.8. The molecule has 0 aromatic heterocycles. The zero-order chi connectivity index (χ0) is 16.1. The number of non-ortho nitro benzene ring substituents is 1. The summed E-state index contributed by atoms with van der Waals surface area (Å²) in [5, 5.41) is 10.9. The second-order valence-corrected chi connectivity index (χ2v) is 6.51. The van der Waals surface area contributed by atoms with Crippen LogP contribution in [0.25, 0.3) is 0 Å². The third-order valence-electron chi connectivity index (χ3n) is 3.93. The SMILES string of the molecule is C#CCN(C(=O)c1cc([N+](=O)[O-])ccc1I)C1CCCCC1. The Hall–Kier alpha value is -1.62. The second-order valence-electron chi connectivity index (χ2n) is 5.35. The van der Waals surface area contributed by atoms with Crippen molar-refractivity contribution in [3.05, 3.63) is 37.4 Å². The molecule has 0 heterocycles. The van der Waals surface area contributed by atoms with Gasteiger partial charge in [-0.25, -0.2) is 0 Å². The molecule has 1 saturated carbocycles. The monoisotopic (exact) mass is 412 g/mol. The van der Waals surface area contributed by atoms with Gasteiger partial charge in [-0.3, -0.25) is 14.9 Å². The van der Waals surface area contributed by atoms with Crippen molar-refractivity contribution >= 4 is 34.2 Å². The molecular formula is C16H17IN2O3. The molecule has 116 valence electrons. The van der Waals surface area contributed by atoms with E-state index < -0.39 is 4.92 Å². The summed E-state index contributed by atoms with van der Waals surface area (Å²) in [4.78, 5) is 25.0. The Morgan fingerprint density at radius 1 is 1.41 bits per heavy atom. The van der Waals surface area contributed by atoms with Gasteiger partial charge in [0.25, 0.3) is 11.6 Å². The second kappa shape index (κ2) is 7.58. The van der Waals surface area contributed by atoms with Gasteiger partial charge in [-0.2, -0.15) is 0 Å². The Labute approximate surface area is 143 Å². The van der Waals surface area contributed by atoms with Crippen LogP contribution in [0.15, 0.2) is 18.2 Å². The molecule has 1 aliphatic rings. The molecule has 5 nitrogen and oxygen atoms in total. The van der Waals surface area contributed by atoms with Crippen molar-refractivity contribution in [1.29, 1.82) is 0 Å². The van der Waals surface area contributed by atoms with E-state index in [2.05, 4.69) is 5.92 Å². The van der Waals surface area contributed by atoms with Gasteiger partial charge in [-0.1, -0.05) is 25.2 Å². The zero-order valence-electron chi connectivity index (χ0n) is 12.1. The highest BCUT2D eigenvalue weighted by Crippen LogP contribution is 2.26. The summed E-state index contributed by atoms with van der Waals surface area (Å²) in [5.41, 5.74) is 0.281. The van der Waals surface area contributed by atoms with Crippen LogP contribution < -0.4 is 0 Å². The molecule has 1 aliphatic carbocycles. The first kappa shape index (κ1) is 16.7. The quantitative estimate of drug-likeness (QED) is 0.329. The van der Waals surface area contributed by atoms with Crippen molar-refractivity contribution < 1.29 is 9.72 Å². The summed E-state index contributed by atoms with van der Waals surface area (Å²) < 4.78 is 0.700. The number of hydrogen-bond donors (Lipinski definition) is 0. The number of nitro groups is 1. The molecule has 0 saturated heterocycles. The Bertz CT molecular complexity index is 618. The number of terminal acetylenes is 1. The summed E-state index contributed by atoms with van der Waals surface area (Å²) in [6.45, 7) is 0.238. The van der Waals surface area contributed by atoms with E-state index in [-0.39, 0.29) is 24.2 Å². The first-order valence-electron chi connectivity index (χ1n) is 7.23. The lowest BCUT2D eigenvalue weighted by molar-refractivity contribution is -0.384. The van der Waals surface area contributed by atoms with Gasteiger partial charge in [0.05, 0.1) is 17.0 Å². The lowest BCUT2D eigenvalue weighted by Gasteiger charge is -2.33. The van der Waals surface area contributed by atoms with Crippen LogP contribution in [0.2, 0.25) is 0 Å². The Balaban J connectivity index is 2.32. The van der Waals surface area contributed by atoms with Crippen LogP contribution >= 0.6 is 22.6 Å². The van der Waals surface area contributed by atoms with Gasteiger partial charge in [-0.15, -0.1) is 6.42 Å². The molecule has 0 unspecified atom stereocenters. The molecule has 0 bridgehead atoms. The molecule has 2 rings (SSSR count). The predicted octanol–water partition coefficient (Wildman–Crippen LogP) is 3.61. The van der Waals surface area contributed by atoms with Crippen LogP contribution in [-0.2, 0) is 0 Å². The van der Waals surface area contributed by atoms with Gasteiger partial charge in [-0.05, 0) is 41.5 Å². The van der Waals surface area contributed by atoms with Gasteiger partial charge < -0.3 is 4.90 Å². The molecule has 0 N–H and O–H groups in total. The van der Waals surface area contributed by atoms with Crippen LogP contribution in [0.5, 0.6) is 0 Å². The first-order chi connectivity index (χ1) is 10.5. The molecule has 1 aromatic rings. The number of halogens is 1. The van der Waals surface area contributed by atoms with Gasteiger partial charge in [0.15, 0.2) is 0 Å². The fourth-order valence-corrected chi connectivity index (χ4v) is 3.37. The Morgan fingerprint density at radius 2 is 2.09 bits per heavy atom. The number of amides is 1. The number of nitrogens with zero attached hydrogens (tertiary/aromatic N) is 2. The largest absolute Gasteiger partial charge is 0.324 e. The molecule has 22 heavy (non-hydrogen) atoms. The van der Waals surface area contributed by atoms with Crippen molar-refractivity contribution in [1.82, 2.24) is 4.90 Å². The van der Waals surface area contributed by atoms with Gasteiger partial charge >= 0.3 is 0 Å². The van der Waals surface area contributed by atoms with Crippen LogP contribution in [0.4, 0.5) is 5.69 Å². The third kappa shape index (κ3) is 3.77. The standard InChI is InChI=1S/C16H17IN2O3/c1-2-10-18(12-6-4-3-5-7-12)16(20)14-11-13(19(21)22)8-9-15(14)17/h1,8-9,11-12H,3-7,10H2. The highest BCUT2D eigenvalue weighted by atomic mass is 127. The van der Waals surface area contributed by atoms with Crippen LogP contribution in [0.3, 0.4) is 0 Å². The number of hydrogen-bond acceptors (Lipinski definition) is 3. The molecule has 1 fully saturated rings.